The van der Waals surface area contributed by atoms with Crippen LogP contribution < -0.4 is 10.1 Å². The normalized spacial score (nSPS) is 15.0. The average molecular weight is 424 g/mol. The van der Waals surface area contributed by atoms with Crippen LogP contribution in [0.1, 0.15) is 29.9 Å². The molecule has 150 valence electrons. The molecule has 8 heteroatoms. The molecule has 0 fully saturated rings. The lowest BCUT2D eigenvalue weighted by atomic mass is 10.1. The highest BCUT2D eigenvalue weighted by Crippen LogP contribution is 2.38. The SMILES string of the molecule is COc1cc(S(=O)(=O)c2ccc([C@H](C)O)cc2)cc2c3c(oc12)CCNC3.Cl. The van der Waals surface area contributed by atoms with E-state index in [1.807, 2.05) is 0 Å². The van der Waals surface area contributed by atoms with Gasteiger partial charge in [0.15, 0.2) is 11.3 Å². The van der Waals surface area contributed by atoms with Crippen molar-refractivity contribution in [2.24, 2.45) is 0 Å². The highest BCUT2D eigenvalue weighted by atomic mass is 35.5. The molecule has 0 unspecified atom stereocenters. The van der Waals surface area contributed by atoms with Gasteiger partial charge in [-0.05, 0) is 30.7 Å². The van der Waals surface area contributed by atoms with Gasteiger partial charge in [-0.25, -0.2) is 8.42 Å². The van der Waals surface area contributed by atoms with E-state index in [1.165, 1.54) is 25.3 Å². The van der Waals surface area contributed by atoms with E-state index in [0.29, 0.717) is 23.4 Å². The van der Waals surface area contributed by atoms with Gasteiger partial charge in [0.05, 0.1) is 23.0 Å². The molecule has 0 aliphatic carbocycles. The molecule has 2 heterocycles. The maximum atomic E-state index is 13.2. The van der Waals surface area contributed by atoms with E-state index in [-0.39, 0.29) is 22.2 Å². The molecule has 1 aliphatic heterocycles. The van der Waals surface area contributed by atoms with Gasteiger partial charge < -0.3 is 19.6 Å². The minimum atomic E-state index is -3.73. The standard InChI is InChI=1S/C20H21NO5S.ClH/c1-12(22)13-3-5-14(6-4-13)27(23,24)15-9-16-17-11-21-8-7-18(17)26-20(16)19(10-15)25-2;/h3-6,9-10,12,21-22H,7-8,11H2,1-2H3;1H/t12-;/m0./s1. The number of sulfone groups is 1. The second-order valence-corrected chi connectivity index (χ2v) is 8.63. The molecular formula is C20H22ClNO5S. The van der Waals surface area contributed by atoms with Gasteiger partial charge in [-0.15, -0.1) is 12.4 Å². The molecule has 1 atom stereocenters. The minimum absolute atomic E-state index is 0. The van der Waals surface area contributed by atoms with Gasteiger partial charge in [-0.2, -0.15) is 0 Å². The zero-order valence-corrected chi connectivity index (χ0v) is 17.2. The van der Waals surface area contributed by atoms with E-state index >= 15 is 0 Å². The third-order valence-electron chi connectivity index (χ3n) is 4.95. The first-order chi connectivity index (χ1) is 12.9. The number of halogens is 1. The number of nitrogens with one attached hydrogen (secondary N) is 1. The topological polar surface area (TPSA) is 88.8 Å². The largest absolute Gasteiger partial charge is 0.493 e. The number of rotatable bonds is 4. The maximum Gasteiger partial charge on any atom is 0.206 e. The van der Waals surface area contributed by atoms with Crippen LogP contribution in [0.25, 0.3) is 11.0 Å². The van der Waals surface area contributed by atoms with Crippen LogP contribution in [0, 0.1) is 0 Å². The second-order valence-electron chi connectivity index (χ2n) is 6.68. The van der Waals surface area contributed by atoms with Crippen LogP contribution in [0.3, 0.4) is 0 Å². The summed E-state index contributed by atoms with van der Waals surface area (Å²) in [6, 6.07) is 9.43. The smallest absolute Gasteiger partial charge is 0.206 e. The molecule has 0 amide bonds. The quantitative estimate of drug-likeness (QED) is 0.668. The van der Waals surface area contributed by atoms with Crippen molar-refractivity contribution in [3.8, 4) is 5.75 Å². The second kappa shape index (κ2) is 7.75. The summed E-state index contributed by atoms with van der Waals surface area (Å²) in [4.78, 5) is 0.328. The van der Waals surface area contributed by atoms with E-state index in [4.69, 9.17) is 9.15 Å². The van der Waals surface area contributed by atoms with E-state index < -0.39 is 15.9 Å². The molecule has 0 saturated heterocycles. The summed E-state index contributed by atoms with van der Waals surface area (Å²) < 4.78 is 37.7. The fourth-order valence-corrected chi connectivity index (χ4v) is 4.72. The van der Waals surface area contributed by atoms with Crippen molar-refractivity contribution < 1.29 is 22.7 Å². The summed E-state index contributed by atoms with van der Waals surface area (Å²) >= 11 is 0. The Hall–Kier alpha value is -2.06. The Balaban J connectivity index is 0.00000225. The van der Waals surface area contributed by atoms with Crippen molar-refractivity contribution in [3.05, 3.63) is 53.3 Å². The number of aliphatic hydroxyl groups is 1. The van der Waals surface area contributed by atoms with Crippen molar-refractivity contribution in [1.82, 2.24) is 5.32 Å². The lowest BCUT2D eigenvalue weighted by Crippen LogP contribution is -2.22. The Bertz CT molecular complexity index is 1100. The van der Waals surface area contributed by atoms with Crippen LogP contribution in [-0.2, 0) is 22.8 Å². The van der Waals surface area contributed by atoms with Crippen molar-refractivity contribution in [2.45, 2.75) is 35.8 Å². The Morgan fingerprint density at radius 2 is 1.89 bits per heavy atom. The number of benzene rings is 2. The fraction of sp³-hybridized carbons (Fsp3) is 0.300. The molecule has 4 rings (SSSR count). The summed E-state index contributed by atoms with van der Waals surface area (Å²) in [5.41, 5.74) is 2.22. The van der Waals surface area contributed by atoms with E-state index in [9.17, 15) is 13.5 Å². The van der Waals surface area contributed by atoms with Crippen molar-refractivity contribution >= 4 is 33.2 Å². The van der Waals surface area contributed by atoms with Crippen molar-refractivity contribution in [1.29, 1.82) is 0 Å². The molecular weight excluding hydrogens is 402 g/mol. The number of ether oxygens (including phenoxy) is 1. The summed E-state index contributed by atoms with van der Waals surface area (Å²) in [5, 5.41) is 13.7. The predicted octanol–water partition coefficient (Wildman–Crippen LogP) is 3.40. The highest BCUT2D eigenvalue weighted by Gasteiger charge is 2.25. The number of hydrogen-bond acceptors (Lipinski definition) is 6. The summed E-state index contributed by atoms with van der Waals surface area (Å²) in [7, 11) is -2.23. The zero-order valence-electron chi connectivity index (χ0n) is 15.6. The Morgan fingerprint density at radius 3 is 2.54 bits per heavy atom. The van der Waals surface area contributed by atoms with Gasteiger partial charge in [0.1, 0.15) is 5.76 Å². The lowest BCUT2D eigenvalue weighted by molar-refractivity contribution is 0.199. The van der Waals surface area contributed by atoms with E-state index in [1.54, 1.807) is 25.1 Å². The lowest BCUT2D eigenvalue weighted by Gasteiger charge is -2.11. The molecule has 1 aromatic heterocycles. The van der Waals surface area contributed by atoms with Crippen molar-refractivity contribution in [2.75, 3.05) is 13.7 Å². The highest BCUT2D eigenvalue weighted by molar-refractivity contribution is 7.91. The third kappa shape index (κ3) is 3.39. The van der Waals surface area contributed by atoms with E-state index in [2.05, 4.69) is 5.32 Å². The Kier molecular flexibility index (Phi) is 5.72. The Labute approximate surface area is 169 Å². The molecule has 6 nitrogen and oxygen atoms in total. The molecule has 0 spiro atoms. The predicted molar refractivity (Wildman–Crippen MR) is 108 cm³/mol. The number of hydrogen-bond donors (Lipinski definition) is 2. The summed E-state index contributed by atoms with van der Waals surface area (Å²) in [5.74, 6) is 1.28. The number of fused-ring (bicyclic) bond motifs is 3. The number of methoxy groups -OCH3 is 1. The van der Waals surface area contributed by atoms with Gasteiger partial charge >= 0.3 is 0 Å². The monoisotopic (exact) mass is 423 g/mol. The van der Waals surface area contributed by atoms with Gasteiger partial charge in [0, 0.05) is 36.5 Å². The fourth-order valence-electron chi connectivity index (χ4n) is 3.42. The van der Waals surface area contributed by atoms with Crippen LogP contribution in [0.2, 0.25) is 0 Å². The average Bonchev–Trinajstić information content (AvgIpc) is 3.06. The molecule has 0 bridgehead atoms. The van der Waals surface area contributed by atoms with Crippen LogP contribution in [-0.4, -0.2) is 27.2 Å². The molecule has 0 radical (unpaired) electrons. The summed E-state index contributed by atoms with van der Waals surface area (Å²) in [6.45, 7) is 3.10. The first-order valence-electron chi connectivity index (χ1n) is 8.78. The first kappa shape index (κ1) is 20.7. The summed E-state index contributed by atoms with van der Waals surface area (Å²) in [6.07, 6.45) is 0.110. The van der Waals surface area contributed by atoms with E-state index in [0.717, 1.165) is 29.7 Å². The van der Waals surface area contributed by atoms with Gasteiger partial charge in [-0.1, -0.05) is 12.1 Å². The minimum Gasteiger partial charge on any atom is -0.493 e. The van der Waals surface area contributed by atoms with Crippen LogP contribution in [0.15, 0.2) is 50.6 Å². The van der Waals surface area contributed by atoms with Crippen LogP contribution >= 0.6 is 12.4 Å². The third-order valence-corrected chi connectivity index (χ3v) is 6.70. The molecule has 3 aromatic rings. The number of furan rings is 1. The molecule has 28 heavy (non-hydrogen) atoms. The van der Waals surface area contributed by atoms with Crippen molar-refractivity contribution in [3.63, 3.8) is 0 Å². The van der Waals surface area contributed by atoms with Crippen LogP contribution in [0.4, 0.5) is 0 Å². The molecule has 2 N–H and O–H groups in total. The zero-order chi connectivity index (χ0) is 19.2. The maximum absolute atomic E-state index is 13.2. The Morgan fingerprint density at radius 1 is 1.18 bits per heavy atom. The van der Waals surface area contributed by atoms with Gasteiger partial charge in [0.25, 0.3) is 0 Å². The molecule has 0 saturated carbocycles. The van der Waals surface area contributed by atoms with Gasteiger partial charge in [0.2, 0.25) is 9.84 Å². The molecule has 1 aliphatic rings. The molecule has 2 aromatic carbocycles. The van der Waals surface area contributed by atoms with Gasteiger partial charge in [-0.3, -0.25) is 0 Å². The van der Waals surface area contributed by atoms with Crippen LogP contribution in [0.5, 0.6) is 5.75 Å². The first-order valence-corrected chi connectivity index (χ1v) is 10.3. The number of aliphatic hydroxyl groups excluding tert-OH is 1.